The predicted octanol–water partition coefficient (Wildman–Crippen LogP) is 6.20. The summed E-state index contributed by atoms with van der Waals surface area (Å²) in [4.78, 5) is 0. The first-order chi connectivity index (χ1) is 11.1. The van der Waals surface area contributed by atoms with Crippen molar-refractivity contribution in [1.29, 1.82) is 0 Å². The summed E-state index contributed by atoms with van der Waals surface area (Å²) in [6.07, 6.45) is 9.02. The van der Waals surface area contributed by atoms with Crippen LogP contribution in [0, 0.1) is 0 Å². The van der Waals surface area contributed by atoms with E-state index < -0.39 is 8.07 Å². The molecular weight excluding hydrogens is 292 g/mol. The average Bonchev–Trinajstić information content (AvgIpc) is 2.59. The molecule has 0 saturated carbocycles. The Morgan fingerprint density at radius 3 is 2.04 bits per heavy atom. The van der Waals surface area contributed by atoms with Crippen LogP contribution in [0.1, 0.15) is 44.6 Å². The van der Waals surface area contributed by atoms with Crippen molar-refractivity contribution in [3.05, 3.63) is 71.4 Å². The smallest absolute Gasteiger partial charge is 0.0755 e. The molecule has 0 unspecified atom stereocenters. The quantitative estimate of drug-likeness (QED) is 0.401. The lowest BCUT2D eigenvalue weighted by Crippen LogP contribution is -2.43. The Balaban J connectivity index is 2.27. The molecule has 1 heteroatoms. The standard InChI is InChI=1S/C22H30Si/c1-4-5-6-11-18-22(19-20-14-9-7-10-15-20)23(2,3)21-16-12-8-13-17-21/h7-10,12-17,19H,4-6,11,18H2,1-3H3/b22-19-. The molecule has 0 aliphatic carbocycles. The third-order valence-corrected chi connectivity index (χ3v) is 8.52. The van der Waals surface area contributed by atoms with Crippen LogP contribution in [0.4, 0.5) is 0 Å². The zero-order chi connectivity index (χ0) is 16.5. The Bertz CT molecular complexity index is 596. The van der Waals surface area contributed by atoms with Crippen LogP contribution in [0.2, 0.25) is 13.1 Å². The maximum atomic E-state index is 2.50. The Morgan fingerprint density at radius 1 is 0.826 bits per heavy atom. The van der Waals surface area contributed by atoms with Crippen LogP contribution < -0.4 is 5.19 Å². The van der Waals surface area contributed by atoms with Crippen molar-refractivity contribution < 1.29 is 0 Å². The van der Waals surface area contributed by atoms with E-state index in [1.165, 1.54) is 42.9 Å². The zero-order valence-electron chi connectivity index (χ0n) is 14.9. The maximum Gasteiger partial charge on any atom is 0.107 e. The summed E-state index contributed by atoms with van der Waals surface area (Å²) in [6, 6.07) is 21.9. The second-order valence-corrected chi connectivity index (χ2v) is 11.4. The van der Waals surface area contributed by atoms with Crippen molar-refractivity contribution in [1.82, 2.24) is 0 Å². The van der Waals surface area contributed by atoms with Crippen LogP contribution in [0.15, 0.2) is 65.9 Å². The lowest BCUT2D eigenvalue weighted by Gasteiger charge is -2.27. The van der Waals surface area contributed by atoms with E-state index in [1.54, 1.807) is 5.20 Å². The number of hydrogen-bond donors (Lipinski definition) is 0. The van der Waals surface area contributed by atoms with Crippen LogP contribution >= 0.6 is 0 Å². The molecule has 0 aliphatic rings. The van der Waals surface area contributed by atoms with Crippen LogP contribution in [-0.4, -0.2) is 8.07 Å². The molecule has 0 amide bonds. The second kappa shape index (κ2) is 8.88. The highest BCUT2D eigenvalue weighted by molar-refractivity contribution is 6.96. The first kappa shape index (κ1) is 17.7. The monoisotopic (exact) mass is 322 g/mol. The molecule has 122 valence electrons. The molecule has 0 aliphatic heterocycles. The molecule has 2 aromatic rings. The summed E-state index contributed by atoms with van der Waals surface area (Å²) in [5.74, 6) is 0. The van der Waals surface area contributed by atoms with E-state index >= 15 is 0 Å². The lowest BCUT2D eigenvalue weighted by atomic mass is 10.1. The van der Waals surface area contributed by atoms with Gasteiger partial charge in [0.25, 0.3) is 0 Å². The topological polar surface area (TPSA) is 0 Å². The van der Waals surface area contributed by atoms with Gasteiger partial charge in [-0.1, -0.05) is 116 Å². The van der Waals surface area contributed by atoms with Gasteiger partial charge < -0.3 is 0 Å². The van der Waals surface area contributed by atoms with Gasteiger partial charge in [-0.25, -0.2) is 0 Å². The molecule has 0 N–H and O–H groups in total. The van der Waals surface area contributed by atoms with Crippen LogP contribution in [0.5, 0.6) is 0 Å². The largest absolute Gasteiger partial charge is 0.107 e. The van der Waals surface area contributed by atoms with Gasteiger partial charge >= 0.3 is 0 Å². The maximum absolute atomic E-state index is 2.50. The summed E-state index contributed by atoms with van der Waals surface area (Å²) in [5.41, 5.74) is 1.34. The first-order valence-corrected chi connectivity index (χ1v) is 12.0. The van der Waals surface area contributed by atoms with Crippen LogP contribution in [-0.2, 0) is 0 Å². The van der Waals surface area contributed by atoms with Crippen molar-refractivity contribution in [3.8, 4) is 0 Å². The summed E-state index contributed by atoms with van der Waals surface area (Å²) in [6.45, 7) is 7.28. The zero-order valence-corrected chi connectivity index (χ0v) is 15.9. The van der Waals surface area contributed by atoms with Crippen LogP contribution in [0.25, 0.3) is 6.08 Å². The van der Waals surface area contributed by atoms with Crippen molar-refractivity contribution >= 4 is 19.3 Å². The van der Waals surface area contributed by atoms with Gasteiger partial charge in [0.05, 0.1) is 0 Å². The fourth-order valence-corrected chi connectivity index (χ4v) is 5.82. The Labute approximate surface area is 143 Å². The van der Waals surface area contributed by atoms with E-state index in [-0.39, 0.29) is 0 Å². The van der Waals surface area contributed by atoms with Gasteiger partial charge in [0.2, 0.25) is 0 Å². The SMILES string of the molecule is CCCCCC/C(=C/c1ccccc1)[Si](C)(C)c1ccccc1. The Morgan fingerprint density at radius 2 is 1.43 bits per heavy atom. The van der Waals surface area contributed by atoms with Gasteiger partial charge in [-0.15, -0.1) is 0 Å². The van der Waals surface area contributed by atoms with Crippen LogP contribution in [0.3, 0.4) is 0 Å². The number of rotatable bonds is 8. The number of hydrogen-bond acceptors (Lipinski definition) is 0. The molecule has 23 heavy (non-hydrogen) atoms. The molecule has 0 aromatic heterocycles. The van der Waals surface area contributed by atoms with Gasteiger partial charge in [-0.2, -0.15) is 0 Å². The van der Waals surface area contributed by atoms with E-state index in [2.05, 4.69) is 86.8 Å². The fraction of sp³-hybridized carbons (Fsp3) is 0.364. The molecule has 0 bridgehead atoms. The molecule has 0 radical (unpaired) electrons. The van der Waals surface area contributed by atoms with Gasteiger partial charge in [-0.3, -0.25) is 0 Å². The van der Waals surface area contributed by atoms with Gasteiger partial charge in [0, 0.05) is 0 Å². The van der Waals surface area contributed by atoms with E-state index in [9.17, 15) is 0 Å². The fourth-order valence-electron chi connectivity index (χ4n) is 3.10. The normalized spacial score (nSPS) is 12.4. The molecule has 0 atom stereocenters. The number of unbranched alkanes of at least 4 members (excludes halogenated alkanes) is 3. The average molecular weight is 323 g/mol. The summed E-state index contributed by atoms with van der Waals surface area (Å²) in [5, 5.41) is 3.21. The molecular formula is C22H30Si. The highest BCUT2D eigenvalue weighted by Crippen LogP contribution is 2.24. The van der Waals surface area contributed by atoms with E-state index in [4.69, 9.17) is 0 Å². The summed E-state index contributed by atoms with van der Waals surface area (Å²) in [7, 11) is -1.59. The van der Waals surface area contributed by atoms with Crippen molar-refractivity contribution in [2.24, 2.45) is 0 Å². The van der Waals surface area contributed by atoms with Gasteiger partial charge in [-0.05, 0) is 18.4 Å². The predicted molar refractivity (Wildman–Crippen MR) is 107 cm³/mol. The van der Waals surface area contributed by atoms with E-state index in [1.807, 2.05) is 0 Å². The minimum Gasteiger partial charge on any atom is -0.0755 e. The molecule has 0 nitrogen and oxygen atoms in total. The highest BCUT2D eigenvalue weighted by Gasteiger charge is 2.27. The third kappa shape index (κ3) is 5.21. The van der Waals surface area contributed by atoms with Crippen molar-refractivity contribution in [2.45, 2.75) is 52.1 Å². The minimum atomic E-state index is -1.59. The van der Waals surface area contributed by atoms with E-state index in [0.717, 1.165) is 0 Å². The lowest BCUT2D eigenvalue weighted by molar-refractivity contribution is 0.671. The molecule has 0 fully saturated rings. The Hall–Kier alpha value is -1.60. The number of allylic oxidation sites excluding steroid dienone is 1. The molecule has 0 spiro atoms. The van der Waals surface area contributed by atoms with Gasteiger partial charge in [0.1, 0.15) is 8.07 Å². The molecule has 0 saturated heterocycles. The Kier molecular flexibility index (Phi) is 6.85. The second-order valence-electron chi connectivity index (χ2n) is 6.88. The third-order valence-electron chi connectivity index (χ3n) is 4.74. The molecule has 2 aromatic carbocycles. The van der Waals surface area contributed by atoms with Crippen molar-refractivity contribution in [2.75, 3.05) is 0 Å². The minimum absolute atomic E-state index is 1.24. The summed E-state index contributed by atoms with van der Waals surface area (Å²) < 4.78 is 0. The van der Waals surface area contributed by atoms with Gasteiger partial charge in [0.15, 0.2) is 0 Å². The molecule has 2 rings (SSSR count). The summed E-state index contributed by atoms with van der Waals surface area (Å²) >= 11 is 0. The first-order valence-electron chi connectivity index (χ1n) is 8.96. The molecule has 0 heterocycles. The number of benzene rings is 2. The van der Waals surface area contributed by atoms with Crippen molar-refractivity contribution in [3.63, 3.8) is 0 Å². The van der Waals surface area contributed by atoms with E-state index in [0.29, 0.717) is 0 Å². The highest BCUT2D eigenvalue weighted by atomic mass is 28.3.